The van der Waals surface area contributed by atoms with Gasteiger partial charge in [-0.1, -0.05) is 0 Å². The van der Waals surface area contributed by atoms with E-state index in [2.05, 4.69) is 4.98 Å². The molecule has 0 spiro atoms. The number of aromatic nitrogens is 1. The summed E-state index contributed by atoms with van der Waals surface area (Å²) in [6, 6.07) is 1.55. The predicted octanol–water partition coefficient (Wildman–Crippen LogP) is 2.03. The molecule has 0 aliphatic rings. The Morgan fingerprint density at radius 1 is 1.29 bits per heavy atom. The van der Waals surface area contributed by atoms with Crippen LogP contribution in [0.3, 0.4) is 0 Å². The van der Waals surface area contributed by atoms with E-state index in [4.69, 9.17) is 5.11 Å². The fourth-order valence-corrected chi connectivity index (χ4v) is 1.14. The van der Waals surface area contributed by atoms with E-state index < -0.39 is 29.1 Å². The van der Waals surface area contributed by atoms with Crippen molar-refractivity contribution in [1.29, 1.82) is 0 Å². The number of aliphatic hydroxyl groups is 1. The highest BCUT2D eigenvalue weighted by Crippen LogP contribution is 2.31. The van der Waals surface area contributed by atoms with E-state index in [9.17, 15) is 23.1 Å². The van der Waals surface area contributed by atoms with E-state index in [-0.39, 0.29) is 5.56 Å². The zero-order valence-corrected chi connectivity index (χ0v) is 9.04. The molecule has 0 radical (unpaired) electrons. The maximum absolute atomic E-state index is 12.5. The van der Waals surface area contributed by atoms with E-state index in [1.165, 1.54) is 13.8 Å². The molecule has 0 amide bonds. The average Bonchev–Trinajstić information content (AvgIpc) is 2.14. The molecule has 2 N–H and O–H groups in total. The number of carboxylic acids is 1. The smallest absolute Gasteiger partial charge is 0.433 e. The lowest BCUT2D eigenvalue weighted by Crippen LogP contribution is -2.20. The highest BCUT2D eigenvalue weighted by molar-refractivity contribution is 5.85. The van der Waals surface area contributed by atoms with Gasteiger partial charge in [0.1, 0.15) is 11.4 Å². The van der Waals surface area contributed by atoms with Gasteiger partial charge in [-0.3, -0.25) is 0 Å². The molecule has 7 heteroatoms. The van der Waals surface area contributed by atoms with Crippen LogP contribution in [0.1, 0.15) is 35.6 Å². The Balaban J connectivity index is 3.45. The molecule has 0 bridgehead atoms. The van der Waals surface area contributed by atoms with Crippen LogP contribution in [0.5, 0.6) is 0 Å². The van der Waals surface area contributed by atoms with Crippen LogP contribution in [0.15, 0.2) is 12.1 Å². The highest BCUT2D eigenvalue weighted by Gasteiger charge is 2.35. The van der Waals surface area contributed by atoms with E-state index in [0.717, 1.165) is 6.07 Å². The number of alkyl halides is 3. The van der Waals surface area contributed by atoms with Crippen LogP contribution in [0.2, 0.25) is 0 Å². The summed E-state index contributed by atoms with van der Waals surface area (Å²) in [4.78, 5) is 13.6. The third-order valence-corrected chi connectivity index (χ3v) is 2.04. The van der Waals surface area contributed by atoms with Crippen LogP contribution in [-0.2, 0) is 11.8 Å². The van der Waals surface area contributed by atoms with Crippen molar-refractivity contribution < 1.29 is 28.2 Å². The second-order valence-electron chi connectivity index (χ2n) is 3.99. The zero-order valence-electron chi connectivity index (χ0n) is 9.04. The first-order valence-electron chi connectivity index (χ1n) is 4.57. The molecule has 0 atom stereocenters. The first-order chi connectivity index (χ1) is 7.51. The first kappa shape index (κ1) is 13.4. The number of hydrogen-bond donors (Lipinski definition) is 2. The van der Waals surface area contributed by atoms with E-state index in [0.29, 0.717) is 6.07 Å². The number of carboxylic acid groups (broad SMARTS) is 1. The minimum Gasteiger partial charge on any atom is -0.477 e. The van der Waals surface area contributed by atoms with Crippen LogP contribution in [0.4, 0.5) is 13.2 Å². The summed E-state index contributed by atoms with van der Waals surface area (Å²) in [6.07, 6.45) is -4.76. The molecule has 4 nitrogen and oxygen atoms in total. The molecule has 1 heterocycles. The Bertz CT molecular complexity index is 417. The average molecular weight is 249 g/mol. The second kappa shape index (κ2) is 3.99. The Morgan fingerprint density at radius 3 is 2.18 bits per heavy atom. The summed E-state index contributed by atoms with van der Waals surface area (Å²) < 4.78 is 37.4. The summed E-state index contributed by atoms with van der Waals surface area (Å²) in [5.41, 5.74) is -3.82. The number of carbonyl (C=O) groups is 1. The monoisotopic (exact) mass is 249 g/mol. The van der Waals surface area contributed by atoms with Gasteiger partial charge in [-0.25, -0.2) is 9.78 Å². The van der Waals surface area contributed by atoms with Crippen LogP contribution in [0, 0.1) is 0 Å². The fraction of sp³-hybridized carbons (Fsp3) is 0.400. The molecular formula is C10H10F3NO3. The van der Waals surface area contributed by atoms with Crippen LogP contribution in [-0.4, -0.2) is 21.2 Å². The van der Waals surface area contributed by atoms with Gasteiger partial charge in [0.15, 0.2) is 0 Å². The standard InChI is InChI=1S/C10H10F3NO3/c1-9(2,17)5-3-6(8(15)16)14-7(4-5)10(11,12)13/h3-4,17H,1-2H3,(H,15,16). The molecule has 0 fully saturated rings. The van der Waals surface area contributed by atoms with Crippen molar-refractivity contribution in [1.82, 2.24) is 4.98 Å². The molecule has 0 aliphatic carbocycles. The quantitative estimate of drug-likeness (QED) is 0.841. The van der Waals surface area contributed by atoms with Gasteiger partial charge >= 0.3 is 12.1 Å². The molecule has 1 aromatic rings. The van der Waals surface area contributed by atoms with Crippen molar-refractivity contribution >= 4 is 5.97 Å². The molecule has 0 saturated carbocycles. The van der Waals surface area contributed by atoms with Crippen molar-refractivity contribution in [2.45, 2.75) is 25.6 Å². The molecule has 17 heavy (non-hydrogen) atoms. The maximum Gasteiger partial charge on any atom is 0.433 e. The second-order valence-corrected chi connectivity index (χ2v) is 3.99. The van der Waals surface area contributed by atoms with E-state index in [1.54, 1.807) is 0 Å². The van der Waals surface area contributed by atoms with Crippen molar-refractivity contribution in [3.8, 4) is 0 Å². The molecule has 1 rings (SSSR count). The minimum atomic E-state index is -4.76. The van der Waals surface area contributed by atoms with Crippen LogP contribution < -0.4 is 0 Å². The zero-order chi connectivity index (χ0) is 13.4. The summed E-state index contributed by atoms with van der Waals surface area (Å²) in [6.45, 7) is 2.52. The normalized spacial score (nSPS) is 12.6. The molecular weight excluding hydrogens is 239 g/mol. The van der Waals surface area contributed by atoms with E-state index in [1.807, 2.05) is 0 Å². The molecule has 94 valence electrons. The van der Waals surface area contributed by atoms with Gasteiger partial charge in [0, 0.05) is 0 Å². The highest BCUT2D eigenvalue weighted by atomic mass is 19.4. The molecule has 0 unspecified atom stereocenters. The Hall–Kier alpha value is -1.63. The number of nitrogens with zero attached hydrogens (tertiary/aromatic N) is 1. The van der Waals surface area contributed by atoms with Gasteiger partial charge in [-0.15, -0.1) is 0 Å². The van der Waals surface area contributed by atoms with Gasteiger partial charge in [-0.2, -0.15) is 13.2 Å². The summed E-state index contributed by atoms with van der Waals surface area (Å²) in [5.74, 6) is -1.58. The van der Waals surface area contributed by atoms with Gasteiger partial charge in [0.2, 0.25) is 0 Å². The van der Waals surface area contributed by atoms with Gasteiger partial charge < -0.3 is 10.2 Å². The fourth-order valence-electron chi connectivity index (χ4n) is 1.14. The van der Waals surface area contributed by atoms with Crippen molar-refractivity contribution in [2.75, 3.05) is 0 Å². The van der Waals surface area contributed by atoms with Gasteiger partial charge in [0.25, 0.3) is 0 Å². The summed E-state index contributed by atoms with van der Waals surface area (Å²) in [7, 11) is 0. The van der Waals surface area contributed by atoms with Crippen LogP contribution in [0.25, 0.3) is 0 Å². The topological polar surface area (TPSA) is 70.4 Å². The predicted molar refractivity (Wildman–Crippen MR) is 51.4 cm³/mol. The lowest BCUT2D eigenvalue weighted by atomic mass is 9.97. The van der Waals surface area contributed by atoms with Crippen molar-refractivity contribution in [3.63, 3.8) is 0 Å². The summed E-state index contributed by atoms with van der Waals surface area (Å²) in [5, 5.41) is 18.3. The number of pyridine rings is 1. The largest absolute Gasteiger partial charge is 0.477 e. The maximum atomic E-state index is 12.5. The number of aromatic carboxylic acids is 1. The van der Waals surface area contributed by atoms with E-state index >= 15 is 0 Å². The lowest BCUT2D eigenvalue weighted by Gasteiger charge is -2.19. The number of rotatable bonds is 2. The SMILES string of the molecule is CC(C)(O)c1cc(C(=O)O)nc(C(F)(F)F)c1. The third-order valence-electron chi connectivity index (χ3n) is 2.04. The van der Waals surface area contributed by atoms with Crippen LogP contribution >= 0.6 is 0 Å². The van der Waals surface area contributed by atoms with Crippen molar-refractivity contribution in [3.05, 3.63) is 29.1 Å². The molecule has 0 aliphatic heterocycles. The van der Waals surface area contributed by atoms with Gasteiger partial charge in [0.05, 0.1) is 5.60 Å². The Morgan fingerprint density at radius 2 is 1.82 bits per heavy atom. The minimum absolute atomic E-state index is 0.155. The number of hydrogen-bond acceptors (Lipinski definition) is 3. The Kier molecular flexibility index (Phi) is 3.15. The molecule has 0 aromatic carbocycles. The molecule has 0 saturated heterocycles. The number of halogens is 3. The first-order valence-corrected chi connectivity index (χ1v) is 4.57. The summed E-state index contributed by atoms with van der Waals surface area (Å²) >= 11 is 0. The lowest BCUT2D eigenvalue weighted by molar-refractivity contribution is -0.141. The van der Waals surface area contributed by atoms with Crippen molar-refractivity contribution in [2.24, 2.45) is 0 Å². The third kappa shape index (κ3) is 3.16. The van der Waals surface area contributed by atoms with Gasteiger partial charge in [-0.05, 0) is 31.5 Å². The Labute approximate surface area is 94.7 Å². The molecule has 1 aromatic heterocycles.